The second-order valence-electron chi connectivity index (χ2n) is 4.30. The first kappa shape index (κ1) is 12.3. The van der Waals surface area contributed by atoms with Gasteiger partial charge in [0.1, 0.15) is 0 Å². The Hall–Kier alpha value is -2.17. The highest BCUT2D eigenvalue weighted by atomic mass is 16.6. The quantitative estimate of drug-likeness (QED) is 0.590. The van der Waals surface area contributed by atoms with E-state index in [4.69, 9.17) is 0 Å². The molecule has 0 fully saturated rings. The maximum atomic E-state index is 11.3. The zero-order chi connectivity index (χ0) is 13.1. The second-order valence-corrected chi connectivity index (χ2v) is 4.30. The minimum absolute atomic E-state index is 0.123. The lowest BCUT2D eigenvalue weighted by molar-refractivity contribution is -0.525. The van der Waals surface area contributed by atoms with E-state index in [2.05, 4.69) is 0 Å². The maximum Gasteiger partial charge on any atom is 0.241 e. The molecule has 0 aliphatic carbocycles. The van der Waals surface area contributed by atoms with Gasteiger partial charge in [0, 0.05) is 18.0 Å². The molecule has 0 aromatic heterocycles. The molecule has 1 aromatic carbocycles. The third-order valence-electron chi connectivity index (χ3n) is 3.13. The van der Waals surface area contributed by atoms with Crippen LogP contribution >= 0.6 is 0 Å². The molecule has 0 saturated heterocycles. The van der Waals surface area contributed by atoms with Crippen molar-refractivity contribution in [3.8, 4) is 0 Å². The molecular formula is C13H14N2O3. The van der Waals surface area contributed by atoms with Crippen LogP contribution in [-0.4, -0.2) is 28.3 Å². The monoisotopic (exact) mass is 246 g/mol. The van der Waals surface area contributed by atoms with Crippen LogP contribution in [0.2, 0.25) is 0 Å². The van der Waals surface area contributed by atoms with Crippen molar-refractivity contribution in [3.63, 3.8) is 0 Å². The van der Waals surface area contributed by atoms with Crippen LogP contribution in [0.3, 0.4) is 0 Å². The van der Waals surface area contributed by atoms with Crippen LogP contribution in [0.25, 0.3) is 0 Å². The standard InChI is InChI=1S/C13H14N2O3/c1-10(16)14-8-7-12(13(9-14)15(17)18)11-5-3-2-4-6-11/h2-8,12-13H,9H2,1H3/t12-,13+/m0/s1. The maximum absolute atomic E-state index is 11.3. The normalized spacial score (nSPS) is 22.8. The Morgan fingerprint density at radius 2 is 2.06 bits per heavy atom. The highest BCUT2D eigenvalue weighted by Gasteiger charge is 2.36. The fraction of sp³-hybridized carbons (Fsp3) is 0.308. The highest BCUT2D eigenvalue weighted by Crippen LogP contribution is 2.27. The predicted octanol–water partition coefficient (Wildman–Crippen LogP) is 1.79. The topological polar surface area (TPSA) is 63.5 Å². The van der Waals surface area contributed by atoms with Crippen LogP contribution in [-0.2, 0) is 4.79 Å². The number of nitrogens with zero attached hydrogens (tertiary/aromatic N) is 2. The summed E-state index contributed by atoms with van der Waals surface area (Å²) in [5.74, 6) is -0.457. The lowest BCUT2D eigenvalue weighted by atomic mass is 9.89. The number of hydrogen-bond acceptors (Lipinski definition) is 3. The second kappa shape index (κ2) is 5.00. The van der Waals surface area contributed by atoms with Gasteiger partial charge in [0.05, 0.1) is 12.5 Å². The van der Waals surface area contributed by atoms with Crippen LogP contribution in [0.4, 0.5) is 0 Å². The van der Waals surface area contributed by atoms with E-state index in [0.717, 1.165) is 5.56 Å². The van der Waals surface area contributed by atoms with Gasteiger partial charge in [-0.3, -0.25) is 14.9 Å². The van der Waals surface area contributed by atoms with E-state index >= 15 is 0 Å². The van der Waals surface area contributed by atoms with Crippen molar-refractivity contribution in [1.29, 1.82) is 0 Å². The van der Waals surface area contributed by atoms with Gasteiger partial charge in [0.25, 0.3) is 0 Å². The fourth-order valence-electron chi connectivity index (χ4n) is 2.14. The minimum Gasteiger partial charge on any atom is -0.313 e. The summed E-state index contributed by atoms with van der Waals surface area (Å²) in [5.41, 5.74) is 0.902. The third-order valence-corrected chi connectivity index (χ3v) is 3.13. The van der Waals surface area contributed by atoms with Crippen molar-refractivity contribution >= 4 is 5.91 Å². The van der Waals surface area contributed by atoms with Crippen LogP contribution in [0.5, 0.6) is 0 Å². The lowest BCUT2D eigenvalue weighted by Crippen LogP contribution is -2.42. The largest absolute Gasteiger partial charge is 0.313 e. The van der Waals surface area contributed by atoms with E-state index in [1.54, 1.807) is 12.3 Å². The summed E-state index contributed by atoms with van der Waals surface area (Å²) in [6, 6.07) is 8.54. The van der Waals surface area contributed by atoms with Crippen molar-refractivity contribution in [3.05, 3.63) is 58.3 Å². The van der Waals surface area contributed by atoms with Gasteiger partial charge in [-0.1, -0.05) is 36.4 Å². The SMILES string of the molecule is CC(=O)N1C=C[C@@H](c2ccccc2)[C@H]([N+](=O)[O-])C1. The van der Waals surface area contributed by atoms with Crippen molar-refractivity contribution < 1.29 is 9.72 Å². The van der Waals surface area contributed by atoms with Crippen LogP contribution in [0.15, 0.2) is 42.6 Å². The van der Waals surface area contributed by atoms with Crippen LogP contribution in [0.1, 0.15) is 18.4 Å². The Labute approximate surface area is 105 Å². The molecular weight excluding hydrogens is 232 g/mol. The van der Waals surface area contributed by atoms with E-state index in [1.165, 1.54) is 11.8 Å². The van der Waals surface area contributed by atoms with Crippen molar-refractivity contribution in [2.75, 3.05) is 6.54 Å². The van der Waals surface area contributed by atoms with Gasteiger partial charge in [0.2, 0.25) is 11.9 Å². The molecule has 1 aromatic rings. The molecule has 5 heteroatoms. The Balaban J connectivity index is 2.32. The molecule has 0 bridgehead atoms. The van der Waals surface area contributed by atoms with E-state index in [0.29, 0.717) is 0 Å². The Kier molecular flexibility index (Phi) is 3.41. The number of nitro groups is 1. The Morgan fingerprint density at radius 3 is 2.61 bits per heavy atom. The van der Waals surface area contributed by atoms with Crippen LogP contribution in [0, 0.1) is 10.1 Å². The minimum atomic E-state index is -0.790. The number of hydrogen-bond donors (Lipinski definition) is 0. The molecule has 5 nitrogen and oxygen atoms in total. The molecule has 2 atom stereocenters. The van der Waals surface area contributed by atoms with Gasteiger partial charge in [-0.15, -0.1) is 0 Å². The number of benzene rings is 1. The molecule has 18 heavy (non-hydrogen) atoms. The number of amides is 1. The van der Waals surface area contributed by atoms with E-state index in [-0.39, 0.29) is 23.3 Å². The number of carbonyl (C=O) groups excluding carboxylic acids is 1. The van der Waals surface area contributed by atoms with E-state index in [9.17, 15) is 14.9 Å². The molecule has 1 amide bonds. The van der Waals surface area contributed by atoms with Gasteiger partial charge in [-0.2, -0.15) is 0 Å². The molecule has 0 spiro atoms. The van der Waals surface area contributed by atoms with Crippen molar-refractivity contribution in [1.82, 2.24) is 4.90 Å². The predicted molar refractivity (Wildman–Crippen MR) is 66.5 cm³/mol. The average molecular weight is 246 g/mol. The van der Waals surface area contributed by atoms with Crippen molar-refractivity contribution in [2.45, 2.75) is 18.9 Å². The van der Waals surface area contributed by atoms with Gasteiger partial charge in [0.15, 0.2) is 0 Å². The van der Waals surface area contributed by atoms with Gasteiger partial charge in [-0.05, 0) is 5.56 Å². The zero-order valence-corrected chi connectivity index (χ0v) is 10.0. The van der Waals surface area contributed by atoms with E-state index in [1.807, 2.05) is 30.3 Å². The Morgan fingerprint density at radius 1 is 1.39 bits per heavy atom. The molecule has 0 radical (unpaired) electrons. The first-order valence-electron chi connectivity index (χ1n) is 5.73. The summed E-state index contributed by atoms with van der Waals surface area (Å²) in [6.45, 7) is 1.53. The molecule has 94 valence electrons. The molecule has 1 aliphatic heterocycles. The van der Waals surface area contributed by atoms with Gasteiger partial charge < -0.3 is 4.90 Å². The summed E-state index contributed by atoms with van der Waals surface area (Å²) in [6.07, 6.45) is 3.37. The van der Waals surface area contributed by atoms with Crippen LogP contribution < -0.4 is 0 Å². The molecule has 0 saturated carbocycles. The summed E-state index contributed by atoms with van der Waals surface area (Å²) in [5, 5.41) is 11.1. The average Bonchev–Trinajstić information content (AvgIpc) is 2.39. The third kappa shape index (κ3) is 2.40. The van der Waals surface area contributed by atoms with Gasteiger partial charge >= 0.3 is 0 Å². The highest BCUT2D eigenvalue weighted by molar-refractivity contribution is 5.74. The summed E-state index contributed by atoms with van der Waals surface area (Å²) >= 11 is 0. The summed E-state index contributed by atoms with van der Waals surface area (Å²) in [7, 11) is 0. The fourth-order valence-corrected chi connectivity index (χ4v) is 2.14. The first-order valence-corrected chi connectivity index (χ1v) is 5.73. The van der Waals surface area contributed by atoms with Gasteiger partial charge in [-0.25, -0.2) is 0 Å². The lowest BCUT2D eigenvalue weighted by Gasteiger charge is -2.28. The summed E-state index contributed by atoms with van der Waals surface area (Å²) < 4.78 is 0. The smallest absolute Gasteiger partial charge is 0.241 e. The number of rotatable bonds is 2. The van der Waals surface area contributed by atoms with Crippen molar-refractivity contribution in [2.24, 2.45) is 0 Å². The summed E-state index contributed by atoms with van der Waals surface area (Å²) in [4.78, 5) is 23.5. The first-order chi connectivity index (χ1) is 8.59. The molecule has 0 N–H and O–H groups in total. The zero-order valence-electron chi connectivity index (χ0n) is 10.0. The molecule has 1 heterocycles. The number of carbonyl (C=O) groups is 1. The molecule has 0 unspecified atom stereocenters. The Bertz CT molecular complexity index is 484. The molecule has 1 aliphatic rings. The molecule has 2 rings (SSSR count). The van der Waals surface area contributed by atoms with E-state index < -0.39 is 6.04 Å².